The van der Waals surface area contributed by atoms with Crippen LogP contribution >= 0.6 is 16.9 Å². The zero-order chi connectivity index (χ0) is 26.1. The quantitative estimate of drug-likeness (QED) is 0.0779. The van der Waals surface area contributed by atoms with Gasteiger partial charge in [0.25, 0.3) is 0 Å². The van der Waals surface area contributed by atoms with Crippen LogP contribution in [0.4, 0.5) is 0 Å². The second kappa shape index (κ2) is 31.1. The zero-order valence-corrected chi connectivity index (χ0v) is 24.5. The molecule has 1 saturated heterocycles. The fourth-order valence-corrected chi connectivity index (χ4v) is 3.10. The van der Waals surface area contributed by atoms with Gasteiger partial charge in [-0.05, 0) is 39.8 Å². The molecule has 1 fully saturated rings. The molecule has 0 aliphatic carbocycles. The number of hydrogen-bond acceptors (Lipinski definition) is 10. The van der Waals surface area contributed by atoms with Crippen molar-refractivity contribution in [1.82, 2.24) is 5.32 Å². The highest BCUT2D eigenvalue weighted by Gasteiger charge is 2.29. The Morgan fingerprint density at radius 1 is 1.06 bits per heavy atom. The predicted molar refractivity (Wildman–Crippen MR) is 149 cm³/mol. The van der Waals surface area contributed by atoms with Crippen LogP contribution in [0.3, 0.4) is 0 Å². The van der Waals surface area contributed by atoms with E-state index in [9.17, 15) is 0 Å². The van der Waals surface area contributed by atoms with Crippen LogP contribution in [0.2, 0.25) is 12.1 Å². The molecule has 0 amide bonds. The van der Waals surface area contributed by atoms with Crippen LogP contribution in [0.1, 0.15) is 34.1 Å². The van der Waals surface area contributed by atoms with Crippen molar-refractivity contribution in [1.29, 1.82) is 0 Å². The maximum absolute atomic E-state index is 9.13. The van der Waals surface area contributed by atoms with Crippen LogP contribution in [-0.2, 0) is 13.6 Å². The van der Waals surface area contributed by atoms with Gasteiger partial charge in [-0.2, -0.15) is 16.9 Å². The summed E-state index contributed by atoms with van der Waals surface area (Å²) in [5, 5.41) is 11.9. The van der Waals surface area contributed by atoms with E-state index in [4.69, 9.17) is 49.9 Å². The molecule has 4 radical (unpaired) electrons. The van der Waals surface area contributed by atoms with Crippen molar-refractivity contribution in [3.8, 4) is 0 Å². The van der Waals surface area contributed by atoms with E-state index in [0.717, 1.165) is 6.61 Å². The SMILES string of the molecule is C.CC1CO1.CO[Si](O)(O)CCCN.CO[Si](O)(O)CCCNCC(C)O.[B]PC.[B]PC. The van der Waals surface area contributed by atoms with E-state index >= 15 is 0 Å². The van der Waals surface area contributed by atoms with Crippen LogP contribution in [0.15, 0.2) is 0 Å². The molecule has 0 saturated carbocycles. The Labute approximate surface area is 210 Å². The summed E-state index contributed by atoms with van der Waals surface area (Å²) in [4.78, 5) is 36.0. The monoisotopic (exact) mass is 550 g/mol. The van der Waals surface area contributed by atoms with Gasteiger partial charge in [-0.15, -0.1) is 0 Å². The van der Waals surface area contributed by atoms with E-state index in [1.165, 1.54) is 14.2 Å². The lowest BCUT2D eigenvalue weighted by Gasteiger charge is -2.14. The molecule has 1 aliphatic heterocycles. The maximum atomic E-state index is 9.13. The number of epoxide rings is 1. The average molecular weight is 550 g/mol. The minimum Gasteiger partial charge on any atom is -0.392 e. The van der Waals surface area contributed by atoms with Gasteiger partial charge in [0, 0.05) is 32.9 Å². The van der Waals surface area contributed by atoms with Gasteiger partial charge in [0.15, 0.2) is 0 Å². The third-order valence-corrected chi connectivity index (χ3v) is 6.47. The van der Waals surface area contributed by atoms with Crippen molar-refractivity contribution < 1.29 is 37.9 Å². The van der Waals surface area contributed by atoms with Crippen molar-refractivity contribution in [2.45, 2.75) is 58.4 Å². The van der Waals surface area contributed by atoms with Crippen molar-refractivity contribution in [2.24, 2.45) is 5.73 Å². The van der Waals surface area contributed by atoms with Crippen LogP contribution in [0.25, 0.3) is 0 Å². The fourth-order valence-electron chi connectivity index (χ4n) is 1.39. The summed E-state index contributed by atoms with van der Waals surface area (Å²) in [7, 11) is 6.88. The first-order valence-corrected chi connectivity index (χ1v) is 17.4. The van der Waals surface area contributed by atoms with E-state index in [0.29, 0.717) is 61.5 Å². The lowest BCUT2D eigenvalue weighted by Crippen LogP contribution is -2.38. The standard InChI is InChI=1S/C7H19NO4Si.C4H13NO3Si.C3H6O.2CH4BP.CH4/c1-7(9)6-8-4-3-5-13(10,11)12-2;1-8-9(6,7)4-2-3-5;1-3-2-4-3;2*1-3-2;/h7-11H,3-6H2,1-2H3;6-7H,2-5H2,1H3;3H,2H2,1H3;2*3H,1H3;1H4. The van der Waals surface area contributed by atoms with Crippen molar-refractivity contribution in [3.05, 3.63) is 0 Å². The van der Waals surface area contributed by atoms with Crippen molar-refractivity contribution in [3.63, 3.8) is 0 Å². The van der Waals surface area contributed by atoms with Crippen LogP contribution < -0.4 is 11.1 Å². The molecule has 4 unspecified atom stereocenters. The molecule has 33 heavy (non-hydrogen) atoms. The van der Waals surface area contributed by atoms with Gasteiger partial charge in [-0.25, -0.2) is 0 Å². The Kier molecular flexibility index (Phi) is 41.5. The molecule has 4 atom stereocenters. The fraction of sp³-hybridized carbons (Fsp3) is 1.00. The molecule has 10 nitrogen and oxygen atoms in total. The molecular formula is C17H50B2N2O8P2Si2. The Bertz CT molecular complexity index is 369. The summed E-state index contributed by atoms with van der Waals surface area (Å²) in [6.45, 7) is 10.3. The number of aliphatic hydroxyl groups excluding tert-OH is 1. The Balaban J connectivity index is -0.000000112. The van der Waals surface area contributed by atoms with Gasteiger partial charge in [-0.3, -0.25) is 0 Å². The molecule has 1 rings (SSSR count). The van der Waals surface area contributed by atoms with E-state index in [-0.39, 0.29) is 19.6 Å². The third-order valence-electron chi connectivity index (χ3n) is 3.16. The van der Waals surface area contributed by atoms with Crippen molar-refractivity contribution in [2.75, 3.05) is 53.8 Å². The number of rotatable bonds is 11. The first-order valence-electron chi connectivity index (χ1n) is 10.3. The smallest absolute Gasteiger partial charge is 0.392 e. The number of aliphatic hydroxyl groups is 1. The summed E-state index contributed by atoms with van der Waals surface area (Å²) in [5.41, 5.74) is 5.13. The van der Waals surface area contributed by atoms with Crippen LogP contribution in [0.5, 0.6) is 0 Å². The number of nitrogens with two attached hydrogens (primary N) is 1. The second-order valence-electron chi connectivity index (χ2n) is 6.66. The largest absolute Gasteiger partial charge is 0.495 e. The highest BCUT2D eigenvalue weighted by atomic mass is 31.1. The topological polar surface area (TPSA) is 170 Å². The lowest BCUT2D eigenvalue weighted by molar-refractivity contribution is 0.181. The van der Waals surface area contributed by atoms with E-state index in [1.54, 1.807) is 6.92 Å². The summed E-state index contributed by atoms with van der Waals surface area (Å²) in [6, 6.07) is 0.580. The van der Waals surface area contributed by atoms with Gasteiger partial charge in [0.05, 0.1) is 18.8 Å². The lowest BCUT2D eigenvalue weighted by atomic mass is 10.4. The Hall–Kier alpha value is 1.02. The van der Waals surface area contributed by atoms with Gasteiger partial charge in [0.1, 0.15) is 15.1 Å². The summed E-state index contributed by atoms with van der Waals surface area (Å²) < 4.78 is 13.7. The summed E-state index contributed by atoms with van der Waals surface area (Å²) >= 11 is 0. The molecule has 0 aromatic heterocycles. The van der Waals surface area contributed by atoms with E-state index < -0.39 is 17.6 Å². The zero-order valence-electron chi connectivity index (χ0n) is 20.5. The highest BCUT2D eigenvalue weighted by Crippen LogP contribution is 2.05. The van der Waals surface area contributed by atoms with Crippen LogP contribution in [-0.4, -0.2) is 123 Å². The number of ether oxygens (including phenoxy) is 1. The summed E-state index contributed by atoms with van der Waals surface area (Å²) in [5.74, 6) is 0. The molecule has 8 N–H and O–H groups in total. The molecular weight excluding hydrogens is 500 g/mol. The first-order chi connectivity index (χ1) is 14.8. The number of hydrogen-bond donors (Lipinski definition) is 7. The van der Waals surface area contributed by atoms with Gasteiger partial charge >= 0.3 is 17.6 Å². The predicted octanol–water partition coefficient (Wildman–Crippen LogP) is -0.380. The molecule has 200 valence electrons. The maximum Gasteiger partial charge on any atom is 0.495 e. The normalized spacial score (nSPS) is 15.6. The van der Waals surface area contributed by atoms with Crippen LogP contribution in [0, 0.1) is 0 Å². The third kappa shape index (κ3) is 55.1. The molecule has 0 spiro atoms. The molecule has 0 bridgehead atoms. The Morgan fingerprint density at radius 2 is 1.39 bits per heavy atom. The molecule has 0 aromatic carbocycles. The average Bonchev–Trinajstić information content (AvgIpc) is 3.50. The minimum absolute atomic E-state index is 0. The molecule has 16 heteroatoms. The van der Waals surface area contributed by atoms with Crippen molar-refractivity contribution >= 4 is 49.7 Å². The van der Waals surface area contributed by atoms with Gasteiger partial charge in [0.2, 0.25) is 0 Å². The molecule has 0 aromatic rings. The Morgan fingerprint density at radius 3 is 1.64 bits per heavy atom. The highest BCUT2D eigenvalue weighted by molar-refractivity contribution is 7.65. The van der Waals surface area contributed by atoms with E-state index in [2.05, 4.69) is 21.1 Å². The first kappa shape index (κ1) is 44.0. The number of nitrogens with one attached hydrogen (secondary N) is 1. The molecule has 1 aliphatic rings. The minimum atomic E-state index is -3.36. The van der Waals surface area contributed by atoms with Gasteiger partial charge in [-0.1, -0.05) is 20.8 Å². The second-order valence-corrected chi connectivity index (χ2v) is 12.6. The van der Waals surface area contributed by atoms with Gasteiger partial charge < -0.3 is 48.9 Å². The molecule has 1 heterocycles. The van der Waals surface area contributed by atoms with E-state index in [1.807, 2.05) is 13.3 Å². The summed E-state index contributed by atoms with van der Waals surface area (Å²) in [6.07, 6.45) is 1.46.